The van der Waals surface area contributed by atoms with Gasteiger partial charge in [-0.3, -0.25) is 0 Å². The molecule has 4 nitrogen and oxygen atoms in total. The van der Waals surface area contributed by atoms with Crippen LogP contribution in [-0.2, 0) is 0 Å². The largest absolute Gasteiger partial charge is 0.422 e. The smallest absolute Gasteiger partial charge is 0.343 e. The van der Waals surface area contributed by atoms with Gasteiger partial charge in [0.25, 0.3) is 0 Å². The lowest BCUT2D eigenvalue weighted by molar-refractivity contribution is 0.0723. The molecule has 0 spiro atoms. The fraction of sp³-hybridized carbons (Fsp3) is 0.0333. The van der Waals surface area contributed by atoms with Crippen molar-refractivity contribution >= 4 is 33.5 Å². The third kappa shape index (κ3) is 8.09. The van der Waals surface area contributed by atoms with Crippen molar-refractivity contribution < 1.29 is 19.1 Å². The summed E-state index contributed by atoms with van der Waals surface area (Å²) in [6.45, 7) is 4.17. The van der Waals surface area contributed by atoms with E-state index in [9.17, 15) is 9.59 Å². The number of ether oxygens (including phenoxy) is 2. The number of rotatable bonds is 9. The highest BCUT2D eigenvalue weighted by atomic mass is 16.5. The van der Waals surface area contributed by atoms with Gasteiger partial charge in [0, 0.05) is 11.1 Å². The van der Waals surface area contributed by atoms with Crippen molar-refractivity contribution in [2.45, 2.75) is 13.8 Å². The van der Waals surface area contributed by atoms with Gasteiger partial charge in [0.2, 0.25) is 0 Å². The Kier molecular flexibility index (Phi) is 10.7. The first-order valence-corrected chi connectivity index (χ1v) is 21.4. The molecular weight excluding hydrogens is 785 g/mol. The molecule has 0 saturated carbocycles. The van der Waals surface area contributed by atoms with Crippen LogP contribution in [0.25, 0.3) is 77.2 Å². The van der Waals surface area contributed by atoms with Crippen LogP contribution in [0.2, 0.25) is 0 Å². The fourth-order valence-electron chi connectivity index (χ4n) is 8.31. The van der Waals surface area contributed by atoms with Gasteiger partial charge in [-0.25, -0.2) is 9.59 Å². The minimum atomic E-state index is -0.499. The molecule has 0 radical (unpaired) electrons. The Bertz CT molecular complexity index is 3080. The minimum Gasteiger partial charge on any atom is -0.422 e. The maximum absolute atomic E-state index is 14.0. The summed E-state index contributed by atoms with van der Waals surface area (Å²) in [7, 11) is 0. The first kappa shape index (κ1) is 39.8. The van der Waals surface area contributed by atoms with Gasteiger partial charge < -0.3 is 9.47 Å². The topological polar surface area (TPSA) is 52.6 Å². The molecule has 0 heterocycles. The first-order valence-electron chi connectivity index (χ1n) is 21.4. The van der Waals surface area contributed by atoms with Crippen molar-refractivity contribution in [1.29, 1.82) is 0 Å². The summed E-state index contributed by atoms with van der Waals surface area (Å²) in [5.41, 5.74) is 13.3. The number of carbonyl (C=O) groups is 2. The van der Waals surface area contributed by atoms with Crippen molar-refractivity contribution in [2.24, 2.45) is 0 Å². The molecule has 0 amide bonds. The lowest BCUT2D eigenvalue weighted by Gasteiger charge is -2.19. The minimum absolute atomic E-state index is 0.353. The van der Waals surface area contributed by atoms with E-state index in [-0.39, 0.29) is 0 Å². The molecule has 306 valence electrons. The number of carbonyl (C=O) groups excluding carboxylic acids is 2. The van der Waals surface area contributed by atoms with Crippen LogP contribution in [0.15, 0.2) is 218 Å². The zero-order valence-electron chi connectivity index (χ0n) is 35.4. The van der Waals surface area contributed by atoms with Crippen LogP contribution in [0.5, 0.6) is 11.5 Å². The molecule has 10 aromatic carbocycles. The summed E-state index contributed by atoms with van der Waals surface area (Å²) in [4.78, 5) is 28.1. The summed E-state index contributed by atoms with van der Waals surface area (Å²) in [6, 6.07) is 72.2. The maximum Gasteiger partial charge on any atom is 0.343 e. The van der Waals surface area contributed by atoms with E-state index >= 15 is 0 Å². The summed E-state index contributed by atoms with van der Waals surface area (Å²) >= 11 is 0. The van der Waals surface area contributed by atoms with Crippen LogP contribution in [0, 0.1) is 13.8 Å². The van der Waals surface area contributed by atoms with E-state index in [2.05, 4.69) is 111 Å². The molecule has 0 bridgehead atoms. The maximum atomic E-state index is 14.0. The third-order valence-corrected chi connectivity index (χ3v) is 11.9. The molecule has 0 aliphatic rings. The summed E-state index contributed by atoms with van der Waals surface area (Å²) in [6.07, 6.45) is 0. The predicted molar refractivity (Wildman–Crippen MR) is 261 cm³/mol. The number of aryl methyl sites for hydroxylation is 2. The highest BCUT2D eigenvalue weighted by molar-refractivity contribution is 6.11. The van der Waals surface area contributed by atoms with Crippen LogP contribution >= 0.6 is 0 Å². The van der Waals surface area contributed by atoms with Crippen LogP contribution < -0.4 is 9.47 Å². The van der Waals surface area contributed by atoms with Crippen molar-refractivity contribution in [3.05, 3.63) is 241 Å². The number of fused-ring (bicyclic) bond motifs is 2. The molecule has 64 heavy (non-hydrogen) atoms. The molecule has 0 aliphatic carbocycles. The number of benzene rings is 10. The molecular formula is C60H42O4. The zero-order chi connectivity index (χ0) is 43.6. The molecule has 4 heteroatoms. The lowest BCUT2D eigenvalue weighted by Crippen LogP contribution is -2.11. The lowest BCUT2D eigenvalue weighted by atomic mass is 9.92. The normalized spacial score (nSPS) is 11.1. The molecule has 0 N–H and O–H groups in total. The van der Waals surface area contributed by atoms with E-state index in [0.29, 0.717) is 33.8 Å². The zero-order valence-corrected chi connectivity index (χ0v) is 35.4. The van der Waals surface area contributed by atoms with Crippen LogP contribution in [0.1, 0.15) is 31.8 Å². The number of esters is 2. The van der Waals surface area contributed by atoms with Gasteiger partial charge in [-0.1, -0.05) is 193 Å². The second-order valence-corrected chi connectivity index (χ2v) is 16.1. The Labute approximate surface area is 372 Å². The third-order valence-electron chi connectivity index (χ3n) is 11.9. The van der Waals surface area contributed by atoms with E-state index in [1.54, 1.807) is 24.3 Å². The molecule has 0 aliphatic heterocycles. The molecule has 0 saturated heterocycles. The van der Waals surface area contributed by atoms with Crippen LogP contribution in [-0.4, -0.2) is 11.9 Å². The summed E-state index contributed by atoms with van der Waals surface area (Å²) < 4.78 is 12.6. The van der Waals surface area contributed by atoms with Crippen molar-refractivity contribution in [1.82, 2.24) is 0 Å². The van der Waals surface area contributed by atoms with E-state index in [1.165, 1.54) is 22.3 Å². The van der Waals surface area contributed by atoms with Gasteiger partial charge in [0.05, 0.1) is 11.1 Å². The van der Waals surface area contributed by atoms with Crippen LogP contribution in [0.3, 0.4) is 0 Å². The van der Waals surface area contributed by atoms with Gasteiger partial charge >= 0.3 is 11.9 Å². The Morgan fingerprint density at radius 3 is 0.875 bits per heavy atom. The second kappa shape index (κ2) is 17.2. The Morgan fingerprint density at radius 1 is 0.297 bits per heavy atom. The Balaban J connectivity index is 0.940. The summed E-state index contributed by atoms with van der Waals surface area (Å²) in [5, 5.41) is 3.60. The fourth-order valence-corrected chi connectivity index (χ4v) is 8.31. The van der Waals surface area contributed by atoms with Gasteiger partial charge in [-0.05, 0) is 116 Å². The monoisotopic (exact) mass is 826 g/mol. The number of hydrogen-bond acceptors (Lipinski definition) is 4. The standard InChI is InChI=1S/C60H42O4/c1-39-11-15-41(16-12-39)43-19-23-45(24-20-43)47-27-31-51(32-28-47)59(61)63-55-37-35-49-7-3-5-9-53(49)57(55)58-54-10-6-4-8-50(54)36-38-56(58)64-60(62)52-33-29-48(30-34-52)46-25-21-44(22-26-46)42-17-13-40(2)14-18-42/h3-38H,1-2H3. The van der Waals surface area contributed by atoms with Gasteiger partial charge in [0.1, 0.15) is 11.5 Å². The van der Waals surface area contributed by atoms with E-state index in [4.69, 9.17) is 9.47 Å². The van der Waals surface area contributed by atoms with Crippen molar-refractivity contribution in [2.75, 3.05) is 0 Å². The van der Waals surface area contributed by atoms with E-state index in [0.717, 1.165) is 54.9 Å². The SMILES string of the molecule is Cc1ccc(-c2ccc(-c3ccc(C(=O)Oc4ccc5ccccc5c4-c4c(OC(=O)c5ccc(-c6ccc(-c7ccc(C)cc7)cc6)cc5)ccc5ccccc45)cc3)cc2)cc1. The molecule has 10 aromatic rings. The molecule has 0 atom stereocenters. The number of hydrogen-bond donors (Lipinski definition) is 0. The average Bonchev–Trinajstić information content (AvgIpc) is 3.35. The highest BCUT2D eigenvalue weighted by Crippen LogP contribution is 2.46. The van der Waals surface area contributed by atoms with Gasteiger partial charge in [0.15, 0.2) is 0 Å². The summed E-state index contributed by atoms with van der Waals surface area (Å²) in [5.74, 6) is -0.292. The van der Waals surface area contributed by atoms with E-state index in [1.807, 2.05) is 97.1 Å². The molecule has 0 aromatic heterocycles. The average molecular weight is 827 g/mol. The Morgan fingerprint density at radius 2 is 0.562 bits per heavy atom. The predicted octanol–water partition coefficient (Wildman–Crippen LogP) is 15.4. The van der Waals surface area contributed by atoms with Crippen LogP contribution in [0.4, 0.5) is 0 Å². The van der Waals surface area contributed by atoms with Crippen molar-refractivity contribution in [3.63, 3.8) is 0 Å². The van der Waals surface area contributed by atoms with E-state index < -0.39 is 11.9 Å². The quantitative estimate of drug-likeness (QED) is 0.107. The van der Waals surface area contributed by atoms with Gasteiger partial charge in [-0.15, -0.1) is 0 Å². The molecule has 0 fully saturated rings. The van der Waals surface area contributed by atoms with Crippen molar-refractivity contribution in [3.8, 4) is 67.1 Å². The second-order valence-electron chi connectivity index (χ2n) is 16.1. The van der Waals surface area contributed by atoms with Gasteiger partial charge in [-0.2, -0.15) is 0 Å². The Hall–Kier alpha value is -8.34. The highest BCUT2D eigenvalue weighted by Gasteiger charge is 2.23. The molecule has 0 unspecified atom stereocenters. The first-order chi connectivity index (χ1) is 31.3. The molecule has 10 rings (SSSR count).